The number of carbonyl (C=O) groups is 1. The molecule has 47 heavy (non-hydrogen) atoms. The molecule has 1 fully saturated rings. The molecule has 10 heteroatoms. The SMILES string of the molecule is CCCCC/C=C/CC/C=C/CC/C=C/C(O)C(COC1OC(CO)C(O)C(O)C1O)NC(=O)C(O)CCCCCCCCCCC. The van der Waals surface area contributed by atoms with Crippen LogP contribution in [-0.4, -0.2) is 98.7 Å². The molecule has 0 spiro atoms. The Labute approximate surface area is 284 Å². The summed E-state index contributed by atoms with van der Waals surface area (Å²) >= 11 is 0. The first kappa shape index (κ1) is 43.4. The van der Waals surface area contributed by atoms with Gasteiger partial charge in [-0.2, -0.15) is 0 Å². The van der Waals surface area contributed by atoms with Crippen LogP contribution in [0.5, 0.6) is 0 Å². The van der Waals surface area contributed by atoms with Crippen molar-refractivity contribution in [2.75, 3.05) is 13.2 Å². The number of rotatable bonds is 28. The minimum Gasteiger partial charge on any atom is -0.394 e. The fraction of sp³-hybridized carbons (Fsp3) is 0.811. The Kier molecular flexibility index (Phi) is 26.1. The zero-order valence-corrected chi connectivity index (χ0v) is 29.1. The van der Waals surface area contributed by atoms with E-state index >= 15 is 0 Å². The van der Waals surface area contributed by atoms with Crippen molar-refractivity contribution in [3.63, 3.8) is 0 Å². The third-order valence-corrected chi connectivity index (χ3v) is 8.55. The third kappa shape index (κ3) is 19.8. The van der Waals surface area contributed by atoms with E-state index in [0.717, 1.165) is 44.9 Å². The number of hydrogen-bond acceptors (Lipinski definition) is 9. The van der Waals surface area contributed by atoms with Crippen molar-refractivity contribution in [2.24, 2.45) is 0 Å². The molecule has 274 valence electrons. The van der Waals surface area contributed by atoms with Gasteiger partial charge in [0, 0.05) is 0 Å². The van der Waals surface area contributed by atoms with Crippen molar-refractivity contribution in [2.45, 2.75) is 178 Å². The molecular formula is C37H67NO9. The topological polar surface area (TPSA) is 169 Å². The van der Waals surface area contributed by atoms with Crippen LogP contribution >= 0.6 is 0 Å². The average molecular weight is 670 g/mol. The summed E-state index contributed by atoms with van der Waals surface area (Å²) in [5, 5.41) is 64.0. The van der Waals surface area contributed by atoms with Crippen molar-refractivity contribution in [3.05, 3.63) is 36.5 Å². The summed E-state index contributed by atoms with van der Waals surface area (Å²) in [4.78, 5) is 12.9. The molecule has 1 heterocycles. The van der Waals surface area contributed by atoms with Crippen LogP contribution in [0.25, 0.3) is 0 Å². The summed E-state index contributed by atoms with van der Waals surface area (Å²) in [7, 11) is 0. The summed E-state index contributed by atoms with van der Waals surface area (Å²) in [6.07, 6.45) is 21.1. The zero-order valence-electron chi connectivity index (χ0n) is 29.1. The van der Waals surface area contributed by atoms with E-state index in [1.54, 1.807) is 6.08 Å². The van der Waals surface area contributed by atoms with Gasteiger partial charge < -0.3 is 45.4 Å². The lowest BCUT2D eigenvalue weighted by atomic mass is 9.99. The Bertz CT molecular complexity index is 850. The lowest BCUT2D eigenvalue weighted by Crippen LogP contribution is -2.60. The molecule has 1 amide bonds. The number of unbranched alkanes of at least 4 members (excludes halogenated alkanes) is 13. The summed E-state index contributed by atoms with van der Waals surface area (Å²) in [6, 6.07) is -0.997. The van der Waals surface area contributed by atoms with E-state index < -0.39 is 61.5 Å². The second kappa shape index (κ2) is 28.2. The molecule has 1 saturated heterocycles. The van der Waals surface area contributed by atoms with Crippen LogP contribution in [0.2, 0.25) is 0 Å². The van der Waals surface area contributed by atoms with Crippen LogP contribution in [0, 0.1) is 0 Å². The van der Waals surface area contributed by atoms with Gasteiger partial charge in [0.1, 0.15) is 30.5 Å². The number of aliphatic hydroxyl groups excluding tert-OH is 6. The number of carbonyl (C=O) groups excluding carboxylic acids is 1. The van der Waals surface area contributed by atoms with Gasteiger partial charge in [0.2, 0.25) is 5.91 Å². The van der Waals surface area contributed by atoms with E-state index in [1.807, 2.05) is 6.08 Å². The van der Waals surface area contributed by atoms with Gasteiger partial charge in [-0.15, -0.1) is 0 Å². The molecule has 0 saturated carbocycles. The predicted molar refractivity (Wildman–Crippen MR) is 186 cm³/mol. The minimum absolute atomic E-state index is 0.300. The first-order chi connectivity index (χ1) is 22.8. The van der Waals surface area contributed by atoms with E-state index in [-0.39, 0.29) is 6.61 Å². The van der Waals surface area contributed by atoms with Crippen LogP contribution in [0.15, 0.2) is 36.5 Å². The first-order valence-corrected chi connectivity index (χ1v) is 18.3. The minimum atomic E-state index is -1.61. The zero-order chi connectivity index (χ0) is 34.7. The molecule has 8 unspecified atom stereocenters. The number of hydrogen-bond donors (Lipinski definition) is 7. The number of aliphatic hydroxyl groups is 6. The maximum Gasteiger partial charge on any atom is 0.249 e. The second-order valence-electron chi connectivity index (χ2n) is 12.8. The van der Waals surface area contributed by atoms with Crippen molar-refractivity contribution in [3.8, 4) is 0 Å². The average Bonchev–Trinajstić information content (AvgIpc) is 3.07. The summed E-state index contributed by atoms with van der Waals surface area (Å²) in [5.41, 5.74) is 0. The Hall–Kier alpha value is -1.63. The fourth-order valence-corrected chi connectivity index (χ4v) is 5.43. The molecule has 0 aromatic rings. The molecule has 0 aromatic carbocycles. The smallest absolute Gasteiger partial charge is 0.249 e. The number of amides is 1. The Morgan fingerprint density at radius 1 is 0.723 bits per heavy atom. The van der Waals surface area contributed by atoms with E-state index in [4.69, 9.17) is 9.47 Å². The van der Waals surface area contributed by atoms with Crippen LogP contribution in [-0.2, 0) is 14.3 Å². The Morgan fingerprint density at radius 2 is 1.26 bits per heavy atom. The summed E-state index contributed by atoms with van der Waals surface area (Å²) in [6.45, 7) is 3.47. The highest BCUT2D eigenvalue weighted by Crippen LogP contribution is 2.22. The molecule has 7 N–H and O–H groups in total. The predicted octanol–water partition coefficient (Wildman–Crippen LogP) is 4.74. The molecule has 1 aliphatic heterocycles. The fourth-order valence-electron chi connectivity index (χ4n) is 5.43. The maximum absolute atomic E-state index is 12.9. The summed E-state index contributed by atoms with van der Waals surface area (Å²) in [5.74, 6) is -0.637. The van der Waals surface area contributed by atoms with Crippen molar-refractivity contribution in [1.29, 1.82) is 0 Å². The molecule has 0 aromatic heterocycles. The van der Waals surface area contributed by atoms with Gasteiger partial charge in [0.25, 0.3) is 0 Å². The van der Waals surface area contributed by atoms with Gasteiger partial charge in [0.15, 0.2) is 6.29 Å². The molecule has 1 aliphatic rings. The molecule has 0 aliphatic carbocycles. The first-order valence-electron chi connectivity index (χ1n) is 18.3. The molecular weight excluding hydrogens is 602 g/mol. The quantitative estimate of drug-likeness (QED) is 0.0460. The highest BCUT2D eigenvalue weighted by Gasteiger charge is 2.44. The van der Waals surface area contributed by atoms with Gasteiger partial charge >= 0.3 is 0 Å². The van der Waals surface area contributed by atoms with Gasteiger partial charge in [-0.05, 0) is 44.9 Å². The van der Waals surface area contributed by atoms with Gasteiger partial charge in [-0.25, -0.2) is 0 Å². The van der Waals surface area contributed by atoms with E-state index in [0.29, 0.717) is 19.3 Å². The number of allylic oxidation sites excluding steroid dienone is 5. The monoisotopic (exact) mass is 669 g/mol. The largest absolute Gasteiger partial charge is 0.394 e. The Balaban J connectivity index is 2.62. The van der Waals surface area contributed by atoms with Gasteiger partial charge in [0.05, 0.1) is 25.4 Å². The second-order valence-corrected chi connectivity index (χ2v) is 12.8. The molecule has 8 atom stereocenters. The normalized spacial score (nSPS) is 24.0. The van der Waals surface area contributed by atoms with Crippen molar-refractivity contribution < 1.29 is 44.9 Å². The standard InChI is InChI=1S/C37H67NO9/c1-3-5-7-9-11-13-14-15-16-18-19-21-23-25-30(40)29(28-46-37-35(44)34(43)33(42)32(27-39)47-37)38-36(45)31(41)26-24-22-20-17-12-10-8-6-4-2/h11,13,16,18,23,25,29-35,37,39-44H,3-10,12,14-15,17,19-22,24,26-28H2,1-2H3,(H,38,45)/b13-11+,18-16+,25-23+. The molecule has 0 radical (unpaired) electrons. The highest BCUT2D eigenvalue weighted by molar-refractivity contribution is 5.80. The van der Waals surface area contributed by atoms with Crippen LogP contribution in [0.4, 0.5) is 0 Å². The number of nitrogens with one attached hydrogen (secondary N) is 1. The molecule has 1 rings (SSSR count). The van der Waals surface area contributed by atoms with Crippen molar-refractivity contribution >= 4 is 5.91 Å². The van der Waals surface area contributed by atoms with Crippen LogP contribution < -0.4 is 5.32 Å². The Morgan fingerprint density at radius 3 is 1.85 bits per heavy atom. The highest BCUT2D eigenvalue weighted by atomic mass is 16.7. The van der Waals surface area contributed by atoms with E-state index in [2.05, 4.69) is 43.5 Å². The van der Waals surface area contributed by atoms with Gasteiger partial charge in [-0.3, -0.25) is 4.79 Å². The van der Waals surface area contributed by atoms with E-state index in [1.165, 1.54) is 51.4 Å². The summed E-state index contributed by atoms with van der Waals surface area (Å²) < 4.78 is 11.0. The van der Waals surface area contributed by atoms with Crippen LogP contribution in [0.1, 0.15) is 129 Å². The third-order valence-electron chi connectivity index (χ3n) is 8.55. The van der Waals surface area contributed by atoms with E-state index in [9.17, 15) is 35.4 Å². The van der Waals surface area contributed by atoms with Gasteiger partial charge in [-0.1, -0.05) is 121 Å². The maximum atomic E-state index is 12.9. The lowest BCUT2D eigenvalue weighted by molar-refractivity contribution is -0.302. The molecule has 0 bridgehead atoms. The molecule has 10 nitrogen and oxygen atoms in total. The van der Waals surface area contributed by atoms with Crippen molar-refractivity contribution in [1.82, 2.24) is 5.32 Å². The number of ether oxygens (including phenoxy) is 2. The lowest BCUT2D eigenvalue weighted by Gasteiger charge is -2.40. The van der Waals surface area contributed by atoms with Crippen LogP contribution in [0.3, 0.4) is 0 Å².